The fourth-order valence-corrected chi connectivity index (χ4v) is 3.23. The molecule has 20 heavy (non-hydrogen) atoms. The molecule has 3 aromatic rings. The van der Waals surface area contributed by atoms with Crippen LogP contribution in [-0.4, -0.2) is 14.4 Å². The molecule has 0 spiro atoms. The van der Waals surface area contributed by atoms with Gasteiger partial charge in [0, 0.05) is 36.1 Å². The lowest BCUT2D eigenvalue weighted by Crippen LogP contribution is -2.15. The lowest BCUT2D eigenvalue weighted by atomic mass is 10.2. The predicted molar refractivity (Wildman–Crippen MR) is 82.1 cm³/mol. The van der Waals surface area contributed by atoms with E-state index in [9.17, 15) is 0 Å². The molecule has 0 unspecified atom stereocenters. The van der Waals surface area contributed by atoms with E-state index < -0.39 is 0 Å². The molecule has 0 saturated carbocycles. The molecular formula is C15H18N4S. The van der Waals surface area contributed by atoms with Gasteiger partial charge in [-0.3, -0.25) is 9.38 Å². The second kappa shape index (κ2) is 5.34. The van der Waals surface area contributed by atoms with E-state index in [0.717, 1.165) is 29.4 Å². The summed E-state index contributed by atoms with van der Waals surface area (Å²) >= 11 is 1.69. The lowest BCUT2D eigenvalue weighted by Gasteiger charge is -2.06. The predicted octanol–water partition coefficient (Wildman–Crippen LogP) is 3.01. The number of pyridine rings is 1. The summed E-state index contributed by atoms with van der Waals surface area (Å²) in [4.78, 5) is 9.99. The van der Waals surface area contributed by atoms with Gasteiger partial charge < -0.3 is 5.32 Å². The highest BCUT2D eigenvalue weighted by Crippen LogP contribution is 2.20. The van der Waals surface area contributed by atoms with Crippen LogP contribution >= 0.6 is 11.3 Å². The molecule has 3 heterocycles. The highest BCUT2D eigenvalue weighted by atomic mass is 32.1. The molecule has 0 saturated heterocycles. The number of aromatic nitrogens is 3. The van der Waals surface area contributed by atoms with Crippen molar-refractivity contribution in [2.45, 2.75) is 33.9 Å². The van der Waals surface area contributed by atoms with Crippen LogP contribution in [-0.2, 0) is 13.1 Å². The first-order valence-corrected chi connectivity index (χ1v) is 7.57. The first-order chi connectivity index (χ1) is 9.65. The van der Waals surface area contributed by atoms with E-state index in [1.165, 1.54) is 17.0 Å². The third-order valence-corrected chi connectivity index (χ3v) is 4.37. The summed E-state index contributed by atoms with van der Waals surface area (Å²) < 4.78 is 2.24. The van der Waals surface area contributed by atoms with Crippen LogP contribution in [0.15, 0.2) is 23.7 Å². The van der Waals surface area contributed by atoms with Gasteiger partial charge in [-0.1, -0.05) is 6.07 Å². The Bertz CT molecular complexity index is 724. The van der Waals surface area contributed by atoms with Crippen LogP contribution in [0.5, 0.6) is 0 Å². The Hall–Kier alpha value is -1.72. The van der Waals surface area contributed by atoms with E-state index in [2.05, 4.69) is 45.0 Å². The molecule has 0 aliphatic rings. The third-order valence-electron chi connectivity index (χ3n) is 3.42. The third kappa shape index (κ3) is 2.46. The van der Waals surface area contributed by atoms with E-state index in [4.69, 9.17) is 0 Å². The number of thiazole rings is 1. The van der Waals surface area contributed by atoms with Crippen LogP contribution in [0.4, 0.5) is 0 Å². The van der Waals surface area contributed by atoms with Gasteiger partial charge in [-0.25, -0.2) is 4.98 Å². The van der Waals surface area contributed by atoms with Crippen molar-refractivity contribution in [2.75, 3.05) is 0 Å². The van der Waals surface area contributed by atoms with Gasteiger partial charge in [0.2, 0.25) is 0 Å². The first kappa shape index (κ1) is 13.3. The molecule has 0 bridgehead atoms. The van der Waals surface area contributed by atoms with Crippen molar-refractivity contribution in [3.63, 3.8) is 0 Å². The number of nitrogens with zero attached hydrogens (tertiary/aromatic N) is 3. The summed E-state index contributed by atoms with van der Waals surface area (Å²) in [6.45, 7) is 7.84. The van der Waals surface area contributed by atoms with Crippen molar-refractivity contribution >= 4 is 16.3 Å². The maximum atomic E-state index is 4.60. The molecule has 0 atom stereocenters. The molecule has 104 valence electrons. The van der Waals surface area contributed by atoms with Gasteiger partial charge in [-0.05, 0) is 32.4 Å². The first-order valence-electron chi connectivity index (χ1n) is 6.69. The number of aryl methyl sites for hydroxylation is 3. The second-order valence-electron chi connectivity index (χ2n) is 5.05. The van der Waals surface area contributed by atoms with E-state index in [1.807, 2.05) is 19.2 Å². The number of hydrogen-bond acceptors (Lipinski definition) is 4. The zero-order valence-corrected chi connectivity index (χ0v) is 12.8. The molecule has 0 aromatic carbocycles. The summed E-state index contributed by atoms with van der Waals surface area (Å²) in [5.41, 5.74) is 5.86. The van der Waals surface area contributed by atoms with Crippen molar-refractivity contribution in [2.24, 2.45) is 0 Å². The zero-order chi connectivity index (χ0) is 14.1. The molecular weight excluding hydrogens is 268 g/mol. The summed E-state index contributed by atoms with van der Waals surface area (Å²) in [6, 6.07) is 4.16. The lowest BCUT2D eigenvalue weighted by molar-refractivity contribution is 0.669. The number of hydrogen-bond donors (Lipinski definition) is 1. The summed E-state index contributed by atoms with van der Waals surface area (Å²) in [6.07, 6.45) is 1.93. The number of nitrogens with one attached hydrogen (secondary N) is 1. The highest BCUT2D eigenvalue weighted by molar-refractivity contribution is 7.15. The minimum Gasteiger partial charge on any atom is -0.307 e. The van der Waals surface area contributed by atoms with Gasteiger partial charge in [0.05, 0.1) is 11.4 Å². The van der Waals surface area contributed by atoms with Gasteiger partial charge in [-0.15, -0.1) is 11.3 Å². The molecule has 3 aromatic heterocycles. The zero-order valence-electron chi connectivity index (χ0n) is 12.0. The SMILES string of the molecule is Cc1ccc(CNCc2c(C)nc3scc(C)n23)cn1. The van der Waals surface area contributed by atoms with Crippen LogP contribution in [0, 0.1) is 20.8 Å². The average molecular weight is 286 g/mol. The second-order valence-corrected chi connectivity index (χ2v) is 5.89. The minimum atomic E-state index is 0.818. The maximum Gasteiger partial charge on any atom is 0.194 e. The molecule has 0 radical (unpaired) electrons. The molecule has 0 aliphatic carbocycles. The Kier molecular flexibility index (Phi) is 3.54. The highest BCUT2D eigenvalue weighted by Gasteiger charge is 2.11. The topological polar surface area (TPSA) is 42.2 Å². The number of fused-ring (bicyclic) bond motifs is 1. The molecule has 0 aliphatic heterocycles. The minimum absolute atomic E-state index is 0.818. The van der Waals surface area contributed by atoms with Crippen LogP contribution < -0.4 is 5.32 Å². The Morgan fingerprint density at radius 2 is 2.05 bits per heavy atom. The Morgan fingerprint density at radius 3 is 2.80 bits per heavy atom. The van der Waals surface area contributed by atoms with Gasteiger partial charge in [0.25, 0.3) is 0 Å². The van der Waals surface area contributed by atoms with Crippen molar-refractivity contribution < 1.29 is 0 Å². The molecule has 1 N–H and O–H groups in total. The summed E-state index contributed by atoms with van der Waals surface area (Å²) in [7, 11) is 0. The Labute approximate surface area is 122 Å². The van der Waals surface area contributed by atoms with Crippen molar-refractivity contribution in [1.29, 1.82) is 0 Å². The van der Waals surface area contributed by atoms with E-state index >= 15 is 0 Å². The average Bonchev–Trinajstić information content (AvgIpc) is 2.93. The van der Waals surface area contributed by atoms with Crippen LogP contribution in [0.25, 0.3) is 4.96 Å². The molecule has 5 heteroatoms. The van der Waals surface area contributed by atoms with Crippen molar-refractivity contribution in [3.05, 3.63) is 52.0 Å². The number of rotatable bonds is 4. The summed E-state index contributed by atoms with van der Waals surface area (Å²) in [5.74, 6) is 0. The normalized spacial score (nSPS) is 11.3. The van der Waals surface area contributed by atoms with Gasteiger partial charge >= 0.3 is 0 Å². The van der Waals surface area contributed by atoms with Crippen LogP contribution in [0.2, 0.25) is 0 Å². The van der Waals surface area contributed by atoms with E-state index in [0.29, 0.717) is 0 Å². The fraction of sp³-hybridized carbons (Fsp3) is 0.333. The van der Waals surface area contributed by atoms with Gasteiger partial charge in [0.1, 0.15) is 0 Å². The standard InChI is InChI=1S/C15H18N4S/c1-10-4-5-13(7-17-10)6-16-8-14-12(3)18-15-19(14)11(2)9-20-15/h4-5,7,9,16H,6,8H2,1-3H3. The van der Waals surface area contributed by atoms with Crippen LogP contribution in [0.1, 0.15) is 28.3 Å². The fourth-order valence-electron chi connectivity index (χ4n) is 2.30. The number of imidazole rings is 1. The maximum absolute atomic E-state index is 4.60. The van der Waals surface area contributed by atoms with Crippen molar-refractivity contribution in [3.8, 4) is 0 Å². The monoisotopic (exact) mass is 286 g/mol. The van der Waals surface area contributed by atoms with Crippen LogP contribution in [0.3, 0.4) is 0 Å². The Morgan fingerprint density at radius 1 is 1.20 bits per heavy atom. The summed E-state index contributed by atoms with van der Waals surface area (Å²) in [5, 5.41) is 5.63. The molecule has 4 nitrogen and oxygen atoms in total. The smallest absolute Gasteiger partial charge is 0.194 e. The van der Waals surface area contributed by atoms with E-state index in [-0.39, 0.29) is 0 Å². The van der Waals surface area contributed by atoms with Gasteiger partial charge in [0.15, 0.2) is 4.96 Å². The van der Waals surface area contributed by atoms with Crippen molar-refractivity contribution in [1.82, 2.24) is 19.7 Å². The molecule has 3 rings (SSSR count). The molecule has 0 amide bonds. The largest absolute Gasteiger partial charge is 0.307 e. The molecule has 0 fully saturated rings. The quantitative estimate of drug-likeness (QED) is 0.801. The van der Waals surface area contributed by atoms with Gasteiger partial charge in [-0.2, -0.15) is 0 Å². The Balaban J connectivity index is 1.72. The van der Waals surface area contributed by atoms with E-state index in [1.54, 1.807) is 11.3 Å².